The lowest BCUT2D eigenvalue weighted by Crippen LogP contribution is -2.50. The Bertz CT molecular complexity index is 1570. The van der Waals surface area contributed by atoms with Gasteiger partial charge in [-0.2, -0.15) is 10.1 Å². The van der Waals surface area contributed by atoms with Crippen molar-refractivity contribution in [2.45, 2.75) is 20.8 Å². The Morgan fingerprint density at radius 2 is 1.06 bits per heavy atom. The molecule has 0 spiro atoms. The van der Waals surface area contributed by atoms with Crippen LogP contribution in [0.25, 0.3) is 0 Å². The van der Waals surface area contributed by atoms with Gasteiger partial charge in [0, 0.05) is 62.8 Å². The van der Waals surface area contributed by atoms with E-state index < -0.39 is 29.6 Å². The van der Waals surface area contributed by atoms with Crippen molar-refractivity contribution in [3.8, 4) is 23.0 Å². The highest BCUT2D eigenvalue weighted by atomic mass is 16.6. The van der Waals surface area contributed by atoms with Gasteiger partial charge in [-0.15, -0.1) is 0 Å². The van der Waals surface area contributed by atoms with Gasteiger partial charge in [-0.3, -0.25) is 35.6 Å². The predicted molar refractivity (Wildman–Crippen MR) is 166 cm³/mol. The molecule has 15 nitrogen and oxygen atoms in total. The predicted octanol–water partition coefficient (Wildman–Crippen LogP) is 4.31. The maximum absolute atomic E-state index is 13.6. The number of carbonyl (C=O) groups is 4. The van der Waals surface area contributed by atoms with Crippen molar-refractivity contribution >= 4 is 35.5 Å². The summed E-state index contributed by atoms with van der Waals surface area (Å²) in [5.41, 5.74) is 0.761. The first-order valence-corrected chi connectivity index (χ1v) is 14.5. The Morgan fingerprint density at radius 3 is 1.45 bits per heavy atom. The Labute approximate surface area is 270 Å². The van der Waals surface area contributed by atoms with E-state index in [2.05, 4.69) is 0 Å². The van der Waals surface area contributed by atoms with Crippen molar-refractivity contribution in [1.82, 2.24) is 19.9 Å². The lowest BCUT2D eigenvalue weighted by molar-refractivity contribution is -0.147. The van der Waals surface area contributed by atoms with Crippen molar-refractivity contribution in [3.63, 3.8) is 0 Å². The van der Waals surface area contributed by atoms with Gasteiger partial charge in [0.05, 0.1) is 6.61 Å². The average molecular weight is 647 g/mol. The number of amidine groups is 2. The summed E-state index contributed by atoms with van der Waals surface area (Å²) >= 11 is 0. The molecule has 0 atom stereocenters. The molecular formula is C32H34N6O9. The molecule has 4 N–H and O–H groups in total. The summed E-state index contributed by atoms with van der Waals surface area (Å²) in [5, 5.41) is 35.9. The molecule has 1 aliphatic rings. The Kier molecular flexibility index (Phi) is 10.9. The molecular weight excluding hydrogens is 612 g/mol. The highest BCUT2D eigenvalue weighted by Crippen LogP contribution is 2.32. The van der Waals surface area contributed by atoms with Crippen molar-refractivity contribution in [2.75, 3.05) is 32.8 Å². The first-order chi connectivity index (χ1) is 22.4. The first kappa shape index (κ1) is 34.1. The Hall–Kier alpha value is -5.80. The van der Waals surface area contributed by atoms with Gasteiger partial charge in [-0.25, -0.2) is 4.79 Å². The Morgan fingerprint density at radius 1 is 0.660 bits per heavy atom. The zero-order valence-electron chi connectivity index (χ0n) is 25.9. The molecule has 0 radical (unpaired) electrons. The molecule has 0 bridgehead atoms. The van der Waals surface area contributed by atoms with E-state index in [1.165, 1.54) is 65.6 Å². The lowest BCUT2D eigenvalue weighted by Gasteiger charge is -2.34. The largest absolute Gasteiger partial charge is 0.457 e. The molecule has 3 aromatic rings. The fourth-order valence-corrected chi connectivity index (χ4v) is 4.50. The monoisotopic (exact) mass is 646 g/mol. The van der Waals surface area contributed by atoms with E-state index >= 15 is 0 Å². The number of ether oxygens (including phenoxy) is 3. The van der Waals surface area contributed by atoms with E-state index in [4.69, 9.17) is 25.0 Å². The highest BCUT2D eigenvalue weighted by Gasteiger charge is 2.26. The smallest absolute Gasteiger partial charge is 0.409 e. The summed E-state index contributed by atoms with van der Waals surface area (Å²) in [7, 11) is 0. The number of rotatable bonds is 8. The van der Waals surface area contributed by atoms with Crippen LogP contribution in [-0.4, -0.2) is 98.6 Å². The van der Waals surface area contributed by atoms with E-state index in [1.54, 1.807) is 17.9 Å². The second-order valence-corrected chi connectivity index (χ2v) is 10.3. The summed E-state index contributed by atoms with van der Waals surface area (Å²) in [5.74, 6) is -1.45. The van der Waals surface area contributed by atoms with E-state index in [0.29, 0.717) is 24.6 Å². The number of benzene rings is 3. The fraction of sp³-hybridized carbons (Fsp3) is 0.250. The van der Waals surface area contributed by atoms with Crippen LogP contribution in [0.1, 0.15) is 42.3 Å². The van der Waals surface area contributed by atoms with Crippen LogP contribution in [0.4, 0.5) is 4.79 Å². The van der Waals surface area contributed by atoms with Crippen LogP contribution in [0.5, 0.6) is 23.0 Å². The van der Waals surface area contributed by atoms with Gasteiger partial charge >= 0.3 is 6.09 Å². The molecule has 4 amide bonds. The van der Waals surface area contributed by atoms with Crippen LogP contribution in [0, 0.1) is 10.8 Å². The van der Waals surface area contributed by atoms with E-state index in [0.717, 1.165) is 13.8 Å². The average Bonchev–Trinajstić information content (AvgIpc) is 3.07. The standard InChI is InChI=1S/C32H34N6O9/c1-4-45-32(42)36-15-13-35(14-16-36)31(41)24-17-27(46-25-9-5-22(6-10-25)29(33)37(43)20(2)39)19-28(18-24)47-26-11-7-23(8-12-26)30(34)38(44)21(3)40/h5-12,17-19,33-34,43-44H,4,13-16H2,1-3H3. The van der Waals surface area contributed by atoms with Gasteiger partial charge in [-0.05, 0) is 67.6 Å². The summed E-state index contributed by atoms with van der Waals surface area (Å²) in [4.78, 5) is 51.7. The quantitative estimate of drug-likeness (QED) is 0.119. The normalized spacial score (nSPS) is 12.5. The van der Waals surface area contributed by atoms with Gasteiger partial charge in [0.15, 0.2) is 11.7 Å². The number of piperazine rings is 1. The molecule has 1 fully saturated rings. The van der Waals surface area contributed by atoms with Crippen LogP contribution in [0.2, 0.25) is 0 Å². The molecule has 1 aliphatic heterocycles. The van der Waals surface area contributed by atoms with Gasteiger partial charge in [0.25, 0.3) is 5.91 Å². The fourth-order valence-electron chi connectivity index (χ4n) is 4.50. The zero-order chi connectivity index (χ0) is 34.2. The van der Waals surface area contributed by atoms with Crippen molar-refractivity contribution in [3.05, 3.63) is 83.4 Å². The van der Waals surface area contributed by atoms with Crippen molar-refractivity contribution < 1.29 is 43.8 Å². The number of nitrogens with zero attached hydrogens (tertiary/aromatic N) is 4. The second-order valence-electron chi connectivity index (χ2n) is 10.3. The summed E-state index contributed by atoms with van der Waals surface area (Å²) in [6.45, 7) is 5.38. The molecule has 0 aromatic heterocycles. The van der Waals surface area contributed by atoms with E-state index in [1.807, 2.05) is 0 Å². The molecule has 0 aliphatic carbocycles. The number of hydrogen-bond acceptors (Lipinski definition) is 11. The third-order valence-electron chi connectivity index (χ3n) is 6.97. The molecule has 4 rings (SSSR count). The van der Waals surface area contributed by atoms with Gasteiger partial charge in [-0.1, -0.05) is 0 Å². The first-order valence-electron chi connectivity index (χ1n) is 14.5. The van der Waals surface area contributed by atoms with Crippen LogP contribution in [-0.2, 0) is 14.3 Å². The van der Waals surface area contributed by atoms with Crippen molar-refractivity contribution in [1.29, 1.82) is 10.8 Å². The molecule has 0 unspecified atom stereocenters. The second kappa shape index (κ2) is 15.0. The molecule has 1 heterocycles. The number of nitrogens with one attached hydrogen (secondary N) is 2. The summed E-state index contributed by atoms with van der Waals surface area (Å²) < 4.78 is 17.1. The minimum absolute atomic E-state index is 0.222. The topological polar surface area (TPSA) is 197 Å². The van der Waals surface area contributed by atoms with Gasteiger partial charge in [0.2, 0.25) is 11.8 Å². The zero-order valence-corrected chi connectivity index (χ0v) is 25.9. The number of amides is 4. The number of hydroxylamine groups is 4. The number of carbonyl (C=O) groups excluding carboxylic acids is 4. The van der Waals surface area contributed by atoms with Crippen LogP contribution >= 0.6 is 0 Å². The third-order valence-corrected chi connectivity index (χ3v) is 6.97. The minimum atomic E-state index is -0.717. The van der Waals surface area contributed by atoms with Gasteiger partial charge < -0.3 is 24.0 Å². The van der Waals surface area contributed by atoms with E-state index in [-0.39, 0.29) is 63.9 Å². The summed E-state index contributed by atoms with van der Waals surface area (Å²) in [6.07, 6.45) is -0.436. The van der Waals surface area contributed by atoms with Crippen LogP contribution in [0.15, 0.2) is 66.7 Å². The molecule has 15 heteroatoms. The van der Waals surface area contributed by atoms with Crippen LogP contribution < -0.4 is 9.47 Å². The SMILES string of the molecule is CCOC(=O)N1CCN(C(=O)c2cc(Oc3ccc(C(=N)N(O)C(C)=O)cc3)cc(Oc3ccc(C(=N)N(O)C(C)=O)cc3)c2)CC1. The molecule has 1 saturated heterocycles. The van der Waals surface area contributed by atoms with Gasteiger partial charge in [0.1, 0.15) is 23.0 Å². The number of hydrogen-bond donors (Lipinski definition) is 4. The maximum Gasteiger partial charge on any atom is 0.409 e. The van der Waals surface area contributed by atoms with Crippen LogP contribution in [0.3, 0.4) is 0 Å². The maximum atomic E-state index is 13.6. The highest BCUT2D eigenvalue weighted by molar-refractivity contribution is 6.05. The molecule has 3 aromatic carbocycles. The molecule has 246 valence electrons. The Balaban J connectivity index is 1.58. The molecule has 0 saturated carbocycles. The molecule has 47 heavy (non-hydrogen) atoms. The lowest BCUT2D eigenvalue weighted by atomic mass is 10.1. The minimum Gasteiger partial charge on any atom is -0.457 e. The third kappa shape index (κ3) is 8.47. The van der Waals surface area contributed by atoms with Crippen molar-refractivity contribution in [2.24, 2.45) is 0 Å². The summed E-state index contributed by atoms with van der Waals surface area (Å²) in [6, 6.07) is 16.7. The van der Waals surface area contributed by atoms with E-state index in [9.17, 15) is 29.6 Å².